The van der Waals surface area contributed by atoms with Gasteiger partial charge in [-0.25, -0.2) is 12.7 Å². The number of rotatable bonds is 7. The number of nitrogens with zero attached hydrogens (tertiary/aromatic N) is 1. The summed E-state index contributed by atoms with van der Waals surface area (Å²) < 4.78 is 30.0. The summed E-state index contributed by atoms with van der Waals surface area (Å²) in [4.78, 5) is 0. The molecule has 2 unspecified atom stereocenters. The van der Waals surface area contributed by atoms with Crippen molar-refractivity contribution in [2.75, 3.05) is 39.0 Å². The van der Waals surface area contributed by atoms with Gasteiger partial charge in [-0.3, -0.25) is 0 Å². The third-order valence-corrected chi connectivity index (χ3v) is 4.54. The topological polar surface area (TPSA) is 58.6 Å². The van der Waals surface area contributed by atoms with Crippen LogP contribution in [0.4, 0.5) is 0 Å². The molecule has 0 aromatic rings. The quantitative estimate of drug-likeness (QED) is 0.744. The molecular formula is C12H26N2O3S. The first kappa shape index (κ1) is 15.9. The predicted octanol–water partition coefficient (Wildman–Crippen LogP) is 0.673. The van der Waals surface area contributed by atoms with E-state index in [9.17, 15) is 8.42 Å². The predicted molar refractivity (Wildman–Crippen MR) is 73.1 cm³/mol. The summed E-state index contributed by atoms with van der Waals surface area (Å²) >= 11 is 0. The maximum absolute atomic E-state index is 11.5. The summed E-state index contributed by atoms with van der Waals surface area (Å²) in [6.07, 6.45) is 3.56. The van der Waals surface area contributed by atoms with Gasteiger partial charge < -0.3 is 10.1 Å². The highest BCUT2D eigenvalue weighted by Gasteiger charge is 2.25. The number of piperidine rings is 1. The van der Waals surface area contributed by atoms with E-state index < -0.39 is 10.0 Å². The Kier molecular flexibility index (Phi) is 6.55. The van der Waals surface area contributed by atoms with E-state index in [0.29, 0.717) is 19.0 Å². The molecule has 0 aromatic heterocycles. The van der Waals surface area contributed by atoms with Crippen molar-refractivity contribution in [2.24, 2.45) is 5.92 Å². The van der Waals surface area contributed by atoms with Gasteiger partial charge in [0.1, 0.15) is 0 Å². The number of ether oxygens (including phenoxy) is 1. The van der Waals surface area contributed by atoms with Gasteiger partial charge in [0.25, 0.3) is 0 Å². The Morgan fingerprint density at radius 2 is 2.22 bits per heavy atom. The van der Waals surface area contributed by atoms with E-state index >= 15 is 0 Å². The standard InChI is InChI=1S/C12H26N2O3S/c1-4-17-11(2)8-13-9-12-6-5-7-14(10-12)18(3,15)16/h11-13H,4-10H2,1-3H3. The van der Waals surface area contributed by atoms with Crippen LogP contribution >= 0.6 is 0 Å². The van der Waals surface area contributed by atoms with Gasteiger partial charge in [-0.1, -0.05) is 0 Å². The van der Waals surface area contributed by atoms with E-state index in [1.807, 2.05) is 13.8 Å². The Labute approximate surface area is 111 Å². The SMILES string of the molecule is CCOC(C)CNCC1CCCN(S(C)(=O)=O)C1. The maximum Gasteiger partial charge on any atom is 0.211 e. The molecule has 1 fully saturated rings. The first-order valence-corrected chi connectivity index (χ1v) is 8.55. The fraction of sp³-hybridized carbons (Fsp3) is 1.00. The summed E-state index contributed by atoms with van der Waals surface area (Å²) in [5.41, 5.74) is 0. The average molecular weight is 278 g/mol. The molecule has 2 atom stereocenters. The largest absolute Gasteiger partial charge is 0.377 e. The van der Waals surface area contributed by atoms with Gasteiger partial charge in [0.05, 0.1) is 12.4 Å². The van der Waals surface area contributed by atoms with Crippen LogP contribution in [-0.2, 0) is 14.8 Å². The lowest BCUT2D eigenvalue weighted by Gasteiger charge is -2.31. The van der Waals surface area contributed by atoms with Crippen LogP contribution in [0, 0.1) is 5.92 Å². The Hall–Kier alpha value is -0.170. The van der Waals surface area contributed by atoms with Gasteiger partial charge in [0, 0.05) is 26.2 Å². The Bertz CT molecular complexity index is 332. The molecule has 6 heteroatoms. The van der Waals surface area contributed by atoms with Crippen LogP contribution in [0.3, 0.4) is 0 Å². The number of hydrogen-bond donors (Lipinski definition) is 1. The molecule has 1 aliphatic rings. The zero-order chi connectivity index (χ0) is 13.6. The fourth-order valence-corrected chi connectivity index (χ4v) is 3.27. The van der Waals surface area contributed by atoms with Crippen molar-refractivity contribution in [3.8, 4) is 0 Å². The van der Waals surface area contributed by atoms with E-state index in [0.717, 1.165) is 32.5 Å². The molecule has 1 heterocycles. The van der Waals surface area contributed by atoms with Gasteiger partial charge in [-0.05, 0) is 39.2 Å². The molecule has 1 aliphatic heterocycles. The van der Waals surface area contributed by atoms with Crippen LogP contribution < -0.4 is 5.32 Å². The van der Waals surface area contributed by atoms with Crippen molar-refractivity contribution in [3.63, 3.8) is 0 Å². The molecule has 0 saturated carbocycles. The van der Waals surface area contributed by atoms with Crippen LogP contribution in [0.25, 0.3) is 0 Å². The summed E-state index contributed by atoms with van der Waals surface area (Å²) in [5.74, 6) is 0.419. The van der Waals surface area contributed by atoms with Crippen LogP contribution in [0.1, 0.15) is 26.7 Å². The van der Waals surface area contributed by atoms with Crippen molar-refractivity contribution < 1.29 is 13.2 Å². The zero-order valence-electron chi connectivity index (χ0n) is 11.7. The Balaban J connectivity index is 2.26. The van der Waals surface area contributed by atoms with E-state index in [2.05, 4.69) is 5.32 Å². The van der Waals surface area contributed by atoms with Gasteiger partial charge in [-0.2, -0.15) is 0 Å². The van der Waals surface area contributed by atoms with Crippen LogP contribution in [-0.4, -0.2) is 57.9 Å². The molecule has 18 heavy (non-hydrogen) atoms. The van der Waals surface area contributed by atoms with Gasteiger partial charge in [0.2, 0.25) is 10.0 Å². The third-order valence-electron chi connectivity index (χ3n) is 3.27. The minimum atomic E-state index is -3.03. The van der Waals surface area contributed by atoms with E-state index in [1.165, 1.54) is 6.26 Å². The number of sulfonamides is 1. The number of nitrogens with one attached hydrogen (secondary N) is 1. The molecule has 0 spiro atoms. The summed E-state index contributed by atoms with van der Waals surface area (Å²) in [5, 5.41) is 3.37. The molecule has 0 radical (unpaired) electrons. The van der Waals surface area contributed by atoms with Crippen LogP contribution in [0.5, 0.6) is 0 Å². The van der Waals surface area contributed by atoms with Crippen LogP contribution in [0.15, 0.2) is 0 Å². The minimum Gasteiger partial charge on any atom is -0.377 e. The lowest BCUT2D eigenvalue weighted by atomic mass is 10.00. The normalized spacial score (nSPS) is 24.1. The van der Waals surface area contributed by atoms with Crippen molar-refractivity contribution in [1.29, 1.82) is 0 Å². The van der Waals surface area contributed by atoms with Crippen molar-refractivity contribution in [2.45, 2.75) is 32.8 Å². The minimum absolute atomic E-state index is 0.213. The third kappa shape index (κ3) is 5.65. The molecule has 1 saturated heterocycles. The Morgan fingerprint density at radius 3 is 2.83 bits per heavy atom. The molecule has 0 bridgehead atoms. The second-order valence-corrected chi connectivity index (χ2v) is 7.04. The van der Waals surface area contributed by atoms with Crippen molar-refractivity contribution in [3.05, 3.63) is 0 Å². The summed E-state index contributed by atoms with van der Waals surface area (Å²) in [6, 6.07) is 0. The van der Waals surface area contributed by atoms with E-state index in [1.54, 1.807) is 4.31 Å². The molecule has 108 valence electrons. The van der Waals surface area contributed by atoms with Gasteiger partial charge in [-0.15, -0.1) is 0 Å². The second kappa shape index (κ2) is 7.43. The highest BCUT2D eigenvalue weighted by molar-refractivity contribution is 7.88. The molecule has 0 aromatic carbocycles. The van der Waals surface area contributed by atoms with Gasteiger partial charge >= 0.3 is 0 Å². The second-order valence-electron chi connectivity index (χ2n) is 5.05. The lowest BCUT2D eigenvalue weighted by molar-refractivity contribution is 0.0748. The monoisotopic (exact) mass is 278 g/mol. The fourth-order valence-electron chi connectivity index (χ4n) is 2.33. The zero-order valence-corrected chi connectivity index (χ0v) is 12.5. The first-order chi connectivity index (χ1) is 8.43. The average Bonchev–Trinajstić information content (AvgIpc) is 2.29. The molecule has 1 N–H and O–H groups in total. The maximum atomic E-state index is 11.5. The molecule has 1 rings (SSSR count). The van der Waals surface area contributed by atoms with E-state index in [4.69, 9.17) is 4.74 Å². The lowest BCUT2D eigenvalue weighted by Crippen LogP contribution is -2.43. The first-order valence-electron chi connectivity index (χ1n) is 6.71. The number of hydrogen-bond acceptors (Lipinski definition) is 4. The Morgan fingerprint density at radius 1 is 1.50 bits per heavy atom. The van der Waals surface area contributed by atoms with E-state index in [-0.39, 0.29) is 6.10 Å². The molecule has 0 amide bonds. The van der Waals surface area contributed by atoms with Gasteiger partial charge in [0.15, 0.2) is 0 Å². The highest BCUT2D eigenvalue weighted by atomic mass is 32.2. The highest BCUT2D eigenvalue weighted by Crippen LogP contribution is 2.17. The molecule has 0 aliphatic carbocycles. The van der Waals surface area contributed by atoms with Crippen molar-refractivity contribution in [1.82, 2.24) is 9.62 Å². The molecular weight excluding hydrogens is 252 g/mol. The smallest absolute Gasteiger partial charge is 0.211 e. The van der Waals surface area contributed by atoms with Crippen LogP contribution in [0.2, 0.25) is 0 Å². The molecule has 5 nitrogen and oxygen atoms in total. The summed E-state index contributed by atoms with van der Waals surface area (Å²) in [7, 11) is -3.03. The van der Waals surface area contributed by atoms with Crippen molar-refractivity contribution >= 4 is 10.0 Å². The summed E-state index contributed by atoms with van der Waals surface area (Å²) in [6.45, 7) is 7.77.